The zero-order valence-electron chi connectivity index (χ0n) is 10.5. The zero-order chi connectivity index (χ0) is 13.9. The standard InChI is InChI=1S/C14H15F3O2/c1-10-2-4-11(5-3-10)18-12-6-8-13(9-7-12)19-14(15,16)17/h2-6,8,12-13H,7,9H2,1H3. The van der Waals surface area contributed by atoms with Gasteiger partial charge in [0.1, 0.15) is 11.9 Å². The van der Waals surface area contributed by atoms with Crippen LogP contribution < -0.4 is 4.74 Å². The highest BCUT2D eigenvalue weighted by Crippen LogP contribution is 2.26. The second-order valence-corrected chi connectivity index (χ2v) is 4.53. The van der Waals surface area contributed by atoms with Crippen molar-refractivity contribution in [1.82, 2.24) is 0 Å². The van der Waals surface area contributed by atoms with Gasteiger partial charge in [-0.05, 0) is 38.0 Å². The summed E-state index contributed by atoms with van der Waals surface area (Å²) in [6.45, 7) is 1.98. The number of benzene rings is 1. The first-order valence-corrected chi connectivity index (χ1v) is 6.08. The predicted octanol–water partition coefficient (Wildman–Crippen LogP) is 4.00. The van der Waals surface area contributed by atoms with Crippen molar-refractivity contribution in [1.29, 1.82) is 0 Å². The molecule has 2 nitrogen and oxygen atoms in total. The summed E-state index contributed by atoms with van der Waals surface area (Å²) in [6, 6.07) is 7.55. The van der Waals surface area contributed by atoms with Gasteiger partial charge in [-0.3, -0.25) is 4.74 Å². The Bertz CT molecular complexity index is 437. The molecule has 0 N–H and O–H groups in total. The molecule has 0 saturated carbocycles. The molecule has 0 spiro atoms. The van der Waals surface area contributed by atoms with Gasteiger partial charge in [0.05, 0.1) is 6.10 Å². The molecule has 104 valence electrons. The Morgan fingerprint density at radius 3 is 2.11 bits per heavy atom. The van der Waals surface area contributed by atoms with E-state index in [2.05, 4.69) is 4.74 Å². The molecular weight excluding hydrogens is 257 g/mol. The highest BCUT2D eigenvalue weighted by Gasteiger charge is 2.33. The van der Waals surface area contributed by atoms with E-state index in [1.165, 1.54) is 6.08 Å². The number of hydrogen-bond donors (Lipinski definition) is 0. The van der Waals surface area contributed by atoms with Gasteiger partial charge in [0.2, 0.25) is 0 Å². The molecule has 0 bridgehead atoms. The molecule has 5 heteroatoms. The number of halogens is 3. The summed E-state index contributed by atoms with van der Waals surface area (Å²) in [7, 11) is 0. The highest BCUT2D eigenvalue weighted by molar-refractivity contribution is 5.27. The molecule has 1 aliphatic carbocycles. The van der Waals surface area contributed by atoms with E-state index in [4.69, 9.17) is 4.74 Å². The van der Waals surface area contributed by atoms with Crippen LogP contribution in [0.15, 0.2) is 36.4 Å². The average Bonchev–Trinajstić information content (AvgIpc) is 2.33. The summed E-state index contributed by atoms with van der Waals surface area (Å²) in [6.07, 6.45) is -1.85. The third-order valence-corrected chi connectivity index (χ3v) is 2.87. The van der Waals surface area contributed by atoms with Crippen LogP contribution in [0.4, 0.5) is 13.2 Å². The monoisotopic (exact) mass is 272 g/mol. The fraction of sp³-hybridized carbons (Fsp3) is 0.429. The van der Waals surface area contributed by atoms with E-state index in [0.29, 0.717) is 12.8 Å². The zero-order valence-corrected chi connectivity index (χ0v) is 10.5. The fourth-order valence-corrected chi connectivity index (χ4v) is 1.93. The van der Waals surface area contributed by atoms with E-state index < -0.39 is 12.5 Å². The molecule has 1 aliphatic rings. The maximum Gasteiger partial charge on any atom is 0.523 e. The molecule has 1 aromatic rings. The first-order chi connectivity index (χ1) is 8.92. The maximum atomic E-state index is 12.0. The molecule has 1 aromatic carbocycles. The number of ether oxygens (including phenoxy) is 2. The quantitative estimate of drug-likeness (QED) is 0.774. The Morgan fingerprint density at radius 1 is 1.00 bits per heavy atom. The van der Waals surface area contributed by atoms with Crippen molar-refractivity contribution < 1.29 is 22.6 Å². The topological polar surface area (TPSA) is 18.5 Å². The van der Waals surface area contributed by atoms with Gasteiger partial charge >= 0.3 is 6.36 Å². The summed E-state index contributed by atoms with van der Waals surface area (Å²) >= 11 is 0. The Labute approximate surface area is 109 Å². The van der Waals surface area contributed by atoms with E-state index in [9.17, 15) is 13.2 Å². The van der Waals surface area contributed by atoms with Crippen LogP contribution >= 0.6 is 0 Å². The SMILES string of the molecule is Cc1ccc(OC2C=CC(OC(F)(F)F)CC2)cc1. The lowest BCUT2D eigenvalue weighted by atomic mass is 10.0. The second-order valence-electron chi connectivity index (χ2n) is 4.53. The second kappa shape index (κ2) is 5.65. The van der Waals surface area contributed by atoms with Gasteiger partial charge in [0.25, 0.3) is 0 Å². The minimum Gasteiger partial charge on any atom is -0.486 e. The molecular formula is C14H15F3O2. The van der Waals surface area contributed by atoms with Crippen LogP contribution in [0.25, 0.3) is 0 Å². The lowest BCUT2D eigenvalue weighted by Gasteiger charge is -2.24. The van der Waals surface area contributed by atoms with Gasteiger partial charge in [0.15, 0.2) is 0 Å². The summed E-state index contributed by atoms with van der Waals surface area (Å²) < 4.78 is 45.7. The summed E-state index contributed by atoms with van der Waals surface area (Å²) in [4.78, 5) is 0. The van der Waals surface area contributed by atoms with Crippen LogP contribution in [0.3, 0.4) is 0 Å². The molecule has 0 amide bonds. The van der Waals surface area contributed by atoms with E-state index in [-0.39, 0.29) is 6.10 Å². The van der Waals surface area contributed by atoms with Crippen LogP contribution in [-0.4, -0.2) is 18.6 Å². The molecule has 2 unspecified atom stereocenters. The lowest BCUT2D eigenvalue weighted by molar-refractivity contribution is -0.337. The van der Waals surface area contributed by atoms with Gasteiger partial charge in [-0.2, -0.15) is 0 Å². The third-order valence-electron chi connectivity index (χ3n) is 2.87. The summed E-state index contributed by atoms with van der Waals surface area (Å²) in [5.41, 5.74) is 1.13. The van der Waals surface area contributed by atoms with Crippen LogP contribution in [0.1, 0.15) is 18.4 Å². The van der Waals surface area contributed by atoms with Crippen LogP contribution in [0.5, 0.6) is 5.75 Å². The van der Waals surface area contributed by atoms with Crippen molar-refractivity contribution in [3.63, 3.8) is 0 Å². The van der Waals surface area contributed by atoms with Crippen molar-refractivity contribution in [2.75, 3.05) is 0 Å². The average molecular weight is 272 g/mol. The van der Waals surface area contributed by atoms with Crippen molar-refractivity contribution in [3.8, 4) is 5.75 Å². The van der Waals surface area contributed by atoms with E-state index in [1.54, 1.807) is 6.08 Å². The predicted molar refractivity (Wildman–Crippen MR) is 64.9 cm³/mol. The number of rotatable bonds is 3. The molecule has 2 atom stereocenters. The Balaban J connectivity index is 1.88. The number of alkyl halides is 3. The molecule has 0 fully saturated rings. The molecule has 0 radical (unpaired) electrons. The van der Waals surface area contributed by atoms with Gasteiger partial charge in [-0.1, -0.05) is 23.8 Å². The van der Waals surface area contributed by atoms with Gasteiger partial charge in [0, 0.05) is 0 Å². The van der Waals surface area contributed by atoms with E-state index in [0.717, 1.165) is 11.3 Å². The van der Waals surface area contributed by atoms with Crippen LogP contribution in [-0.2, 0) is 4.74 Å². The molecule has 0 saturated heterocycles. The Morgan fingerprint density at radius 2 is 1.58 bits per heavy atom. The van der Waals surface area contributed by atoms with Crippen molar-refractivity contribution in [2.24, 2.45) is 0 Å². The highest BCUT2D eigenvalue weighted by atomic mass is 19.4. The molecule has 0 aromatic heterocycles. The van der Waals surface area contributed by atoms with Gasteiger partial charge in [-0.15, -0.1) is 13.2 Å². The molecule has 0 aliphatic heterocycles. The molecule has 0 heterocycles. The van der Waals surface area contributed by atoms with Crippen molar-refractivity contribution >= 4 is 0 Å². The maximum absolute atomic E-state index is 12.0. The van der Waals surface area contributed by atoms with Crippen LogP contribution in [0, 0.1) is 6.92 Å². The lowest BCUT2D eigenvalue weighted by Crippen LogP contribution is -2.28. The van der Waals surface area contributed by atoms with Crippen molar-refractivity contribution in [2.45, 2.75) is 38.3 Å². The summed E-state index contributed by atoms with van der Waals surface area (Å²) in [5.74, 6) is 0.718. The largest absolute Gasteiger partial charge is 0.523 e. The van der Waals surface area contributed by atoms with Crippen molar-refractivity contribution in [3.05, 3.63) is 42.0 Å². The minimum atomic E-state index is -4.58. The van der Waals surface area contributed by atoms with E-state index >= 15 is 0 Å². The Hall–Kier alpha value is -1.49. The normalized spacial score (nSPS) is 23.4. The van der Waals surface area contributed by atoms with Gasteiger partial charge < -0.3 is 4.74 Å². The molecule has 19 heavy (non-hydrogen) atoms. The third kappa shape index (κ3) is 4.59. The number of hydrogen-bond acceptors (Lipinski definition) is 2. The Kier molecular flexibility index (Phi) is 4.14. The number of aryl methyl sites for hydroxylation is 1. The first-order valence-electron chi connectivity index (χ1n) is 6.08. The van der Waals surface area contributed by atoms with Crippen LogP contribution in [0.2, 0.25) is 0 Å². The van der Waals surface area contributed by atoms with E-state index in [1.807, 2.05) is 31.2 Å². The first kappa shape index (κ1) is 13.9. The van der Waals surface area contributed by atoms with Gasteiger partial charge in [-0.25, -0.2) is 0 Å². The minimum absolute atomic E-state index is 0.198. The fourth-order valence-electron chi connectivity index (χ4n) is 1.93. The molecule has 2 rings (SSSR count). The smallest absolute Gasteiger partial charge is 0.486 e. The summed E-state index contributed by atoms with van der Waals surface area (Å²) in [5, 5.41) is 0.